The van der Waals surface area contributed by atoms with Gasteiger partial charge in [-0.05, 0) is 24.3 Å². The van der Waals surface area contributed by atoms with Gasteiger partial charge in [-0.15, -0.1) is 0 Å². The Morgan fingerprint density at radius 1 is 1.37 bits per heavy atom. The molecule has 0 aliphatic heterocycles. The predicted octanol–water partition coefficient (Wildman–Crippen LogP) is 2.44. The molecule has 0 spiro atoms. The molecule has 98 valence electrons. The molecular weight excluding hydrogens is 284 g/mol. The Hall–Kier alpha value is -1.79. The summed E-state index contributed by atoms with van der Waals surface area (Å²) >= 11 is 7.09. The normalized spacial score (nSPS) is 10.2. The highest BCUT2D eigenvalue weighted by Gasteiger charge is 2.07. The van der Waals surface area contributed by atoms with Gasteiger partial charge in [0.05, 0.1) is 17.1 Å². The summed E-state index contributed by atoms with van der Waals surface area (Å²) in [7, 11) is 0. The maximum absolute atomic E-state index is 11.8. The number of nitrogen functional groups attached to an aromatic ring is 1. The van der Waals surface area contributed by atoms with E-state index in [1.807, 2.05) is 0 Å². The Bertz CT molecular complexity index is 579. The first kappa shape index (κ1) is 13.6. The van der Waals surface area contributed by atoms with Gasteiger partial charge < -0.3 is 11.1 Å². The third kappa shape index (κ3) is 4.11. The average molecular weight is 295 g/mol. The standard InChI is InChI=1S/C12H11ClN4OS/c13-8-2-3-9(14)10(6-8)17-11(18)7-19-12-15-4-1-5-16-12/h1-6H,7,14H2,(H,17,18). The molecule has 0 bridgehead atoms. The minimum atomic E-state index is -0.189. The molecule has 0 atom stereocenters. The van der Waals surface area contributed by atoms with Crippen LogP contribution in [0.25, 0.3) is 0 Å². The fraction of sp³-hybridized carbons (Fsp3) is 0.0833. The summed E-state index contributed by atoms with van der Waals surface area (Å²) in [4.78, 5) is 19.8. The van der Waals surface area contributed by atoms with Gasteiger partial charge in [-0.1, -0.05) is 23.4 Å². The number of nitrogens with two attached hydrogens (primary N) is 1. The zero-order valence-electron chi connectivity index (χ0n) is 9.84. The van der Waals surface area contributed by atoms with E-state index in [1.54, 1.807) is 36.7 Å². The van der Waals surface area contributed by atoms with Gasteiger partial charge in [-0.2, -0.15) is 0 Å². The quantitative estimate of drug-likeness (QED) is 0.514. The van der Waals surface area contributed by atoms with Crippen LogP contribution in [0, 0.1) is 0 Å². The van der Waals surface area contributed by atoms with Crippen LogP contribution in [0.2, 0.25) is 5.02 Å². The number of halogens is 1. The lowest BCUT2D eigenvalue weighted by atomic mass is 10.2. The van der Waals surface area contributed by atoms with Gasteiger partial charge in [0.15, 0.2) is 5.16 Å². The van der Waals surface area contributed by atoms with Crippen LogP contribution in [0.1, 0.15) is 0 Å². The molecule has 0 aliphatic rings. The molecule has 1 amide bonds. The highest BCUT2D eigenvalue weighted by molar-refractivity contribution is 7.99. The van der Waals surface area contributed by atoms with Crippen LogP contribution in [0.15, 0.2) is 41.8 Å². The number of carbonyl (C=O) groups is 1. The van der Waals surface area contributed by atoms with Crippen LogP contribution < -0.4 is 11.1 Å². The number of rotatable bonds is 4. The first-order valence-corrected chi connectivity index (χ1v) is 6.76. The number of thioether (sulfide) groups is 1. The second-order valence-corrected chi connectivity index (χ2v) is 4.98. The minimum absolute atomic E-state index is 0.189. The molecular formula is C12H11ClN4OS. The first-order chi connectivity index (χ1) is 9.15. The Balaban J connectivity index is 1.93. The largest absolute Gasteiger partial charge is 0.397 e. The van der Waals surface area contributed by atoms with Crippen LogP contribution >= 0.6 is 23.4 Å². The SMILES string of the molecule is Nc1ccc(Cl)cc1NC(=O)CSc1ncccn1. The molecule has 0 saturated carbocycles. The summed E-state index contributed by atoms with van der Waals surface area (Å²) in [6.07, 6.45) is 3.25. The Labute approximate surface area is 119 Å². The minimum Gasteiger partial charge on any atom is -0.397 e. The van der Waals surface area contributed by atoms with Gasteiger partial charge in [0.25, 0.3) is 0 Å². The van der Waals surface area contributed by atoms with E-state index < -0.39 is 0 Å². The van der Waals surface area contributed by atoms with Gasteiger partial charge in [-0.3, -0.25) is 4.79 Å². The molecule has 0 aliphatic carbocycles. The molecule has 1 aromatic heterocycles. The third-order valence-electron chi connectivity index (χ3n) is 2.16. The van der Waals surface area contributed by atoms with Crippen LogP contribution in [0.5, 0.6) is 0 Å². The van der Waals surface area contributed by atoms with Crippen LogP contribution in [-0.2, 0) is 4.79 Å². The summed E-state index contributed by atoms with van der Waals surface area (Å²) in [5.74, 6) is 0.0158. The number of nitrogens with one attached hydrogen (secondary N) is 1. The topological polar surface area (TPSA) is 80.9 Å². The molecule has 0 radical (unpaired) electrons. The number of hydrogen-bond donors (Lipinski definition) is 2. The fourth-order valence-corrected chi connectivity index (χ4v) is 2.09. The van der Waals surface area contributed by atoms with Crippen molar-refractivity contribution < 1.29 is 4.79 Å². The zero-order chi connectivity index (χ0) is 13.7. The highest BCUT2D eigenvalue weighted by atomic mass is 35.5. The van der Waals surface area contributed by atoms with Crippen molar-refractivity contribution in [2.24, 2.45) is 0 Å². The summed E-state index contributed by atoms with van der Waals surface area (Å²) in [5, 5.41) is 3.77. The Morgan fingerprint density at radius 3 is 2.84 bits per heavy atom. The van der Waals surface area contributed by atoms with E-state index in [2.05, 4.69) is 15.3 Å². The van der Waals surface area contributed by atoms with Crippen molar-refractivity contribution in [3.8, 4) is 0 Å². The van der Waals surface area contributed by atoms with Gasteiger partial charge in [0.1, 0.15) is 0 Å². The molecule has 2 aromatic rings. The van der Waals surface area contributed by atoms with Crippen LogP contribution in [0.4, 0.5) is 11.4 Å². The zero-order valence-corrected chi connectivity index (χ0v) is 11.4. The van der Waals surface area contributed by atoms with Crippen molar-refractivity contribution in [3.05, 3.63) is 41.7 Å². The fourth-order valence-electron chi connectivity index (χ4n) is 1.31. The molecule has 0 saturated heterocycles. The van der Waals surface area contributed by atoms with Gasteiger partial charge in [0.2, 0.25) is 5.91 Å². The van der Waals surface area contributed by atoms with Gasteiger partial charge in [0, 0.05) is 17.4 Å². The number of hydrogen-bond acceptors (Lipinski definition) is 5. The summed E-state index contributed by atoms with van der Waals surface area (Å²) < 4.78 is 0. The van der Waals surface area contributed by atoms with Crippen molar-refractivity contribution in [2.75, 3.05) is 16.8 Å². The monoisotopic (exact) mass is 294 g/mol. The smallest absolute Gasteiger partial charge is 0.234 e. The van der Waals surface area contributed by atoms with E-state index >= 15 is 0 Å². The van der Waals surface area contributed by atoms with Crippen LogP contribution in [-0.4, -0.2) is 21.6 Å². The summed E-state index contributed by atoms with van der Waals surface area (Å²) in [6.45, 7) is 0. The number of carbonyl (C=O) groups excluding carboxylic acids is 1. The second kappa shape index (κ2) is 6.40. The molecule has 5 nitrogen and oxygen atoms in total. The number of benzene rings is 1. The molecule has 2 rings (SSSR count). The summed E-state index contributed by atoms with van der Waals surface area (Å²) in [6, 6.07) is 6.64. The average Bonchev–Trinajstić information content (AvgIpc) is 2.42. The van der Waals surface area contributed by atoms with E-state index in [0.717, 1.165) is 0 Å². The first-order valence-electron chi connectivity index (χ1n) is 5.40. The Morgan fingerprint density at radius 2 is 2.11 bits per heavy atom. The molecule has 0 unspecified atom stereocenters. The van der Waals surface area contributed by atoms with Crippen molar-refractivity contribution in [2.45, 2.75) is 5.16 Å². The van der Waals surface area contributed by atoms with Crippen molar-refractivity contribution >= 4 is 40.6 Å². The third-order valence-corrected chi connectivity index (χ3v) is 3.27. The maximum Gasteiger partial charge on any atom is 0.234 e. The molecule has 1 aromatic carbocycles. The molecule has 1 heterocycles. The van der Waals surface area contributed by atoms with Gasteiger partial charge >= 0.3 is 0 Å². The molecule has 3 N–H and O–H groups in total. The molecule has 7 heteroatoms. The maximum atomic E-state index is 11.8. The van der Waals surface area contributed by atoms with E-state index in [0.29, 0.717) is 21.6 Å². The molecule has 19 heavy (non-hydrogen) atoms. The number of anilines is 2. The number of nitrogens with zero attached hydrogens (tertiary/aromatic N) is 2. The van der Waals surface area contributed by atoms with E-state index in [4.69, 9.17) is 17.3 Å². The van der Waals surface area contributed by atoms with Crippen molar-refractivity contribution in [1.29, 1.82) is 0 Å². The van der Waals surface area contributed by atoms with Crippen molar-refractivity contribution in [1.82, 2.24) is 9.97 Å². The van der Waals surface area contributed by atoms with E-state index in [9.17, 15) is 4.79 Å². The van der Waals surface area contributed by atoms with Crippen molar-refractivity contribution in [3.63, 3.8) is 0 Å². The number of amides is 1. The lowest BCUT2D eigenvalue weighted by molar-refractivity contribution is -0.113. The predicted molar refractivity (Wildman–Crippen MR) is 77.3 cm³/mol. The lowest BCUT2D eigenvalue weighted by Gasteiger charge is -2.08. The second-order valence-electron chi connectivity index (χ2n) is 3.60. The van der Waals surface area contributed by atoms with E-state index in [-0.39, 0.29) is 11.7 Å². The highest BCUT2D eigenvalue weighted by Crippen LogP contribution is 2.23. The van der Waals surface area contributed by atoms with E-state index in [1.165, 1.54) is 11.8 Å². The molecule has 0 fully saturated rings. The Kier molecular flexibility index (Phi) is 4.59. The van der Waals surface area contributed by atoms with Crippen LogP contribution in [0.3, 0.4) is 0 Å². The lowest BCUT2D eigenvalue weighted by Crippen LogP contribution is -2.15. The summed E-state index contributed by atoms with van der Waals surface area (Å²) in [5.41, 5.74) is 6.72. The number of aromatic nitrogens is 2. The van der Waals surface area contributed by atoms with Gasteiger partial charge in [-0.25, -0.2) is 9.97 Å².